The van der Waals surface area contributed by atoms with Crippen LogP contribution < -0.4 is 5.73 Å². The molecule has 100 valence electrons. The predicted molar refractivity (Wildman–Crippen MR) is 80.9 cm³/mol. The van der Waals surface area contributed by atoms with E-state index in [9.17, 15) is 0 Å². The summed E-state index contributed by atoms with van der Waals surface area (Å²) in [5, 5.41) is 0. The van der Waals surface area contributed by atoms with E-state index in [0.717, 1.165) is 19.5 Å². The molecular formula is C17H22N2. The molecule has 2 aromatic rings. The number of nitrogens with zero attached hydrogens (tertiary/aromatic N) is 1. The molecule has 2 aromatic carbocycles. The molecule has 0 aliphatic carbocycles. The van der Waals surface area contributed by atoms with Gasteiger partial charge in [0.1, 0.15) is 0 Å². The van der Waals surface area contributed by atoms with Gasteiger partial charge in [-0.25, -0.2) is 0 Å². The van der Waals surface area contributed by atoms with Crippen molar-refractivity contribution in [2.45, 2.75) is 19.0 Å². The van der Waals surface area contributed by atoms with Gasteiger partial charge < -0.3 is 10.6 Å². The van der Waals surface area contributed by atoms with Crippen LogP contribution in [0.2, 0.25) is 0 Å². The largest absolute Gasteiger partial charge is 0.326 e. The normalized spacial score (nSPS) is 12.6. The quantitative estimate of drug-likeness (QED) is 0.859. The molecule has 0 aromatic heterocycles. The van der Waals surface area contributed by atoms with Gasteiger partial charge in [-0.05, 0) is 24.6 Å². The Hall–Kier alpha value is -1.64. The molecule has 1 atom stereocenters. The predicted octanol–water partition coefficient (Wildman–Crippen LogP) is 2.69. The lowest BCUT2D eigenvalue weighted by atomic mass is 10.1. The highest BCUT2D eigenvalue weighted by Gasteiger charge is 2.08. The summed E-state index contributed by atoms with van der Waals surface area (Å²) >= 11 is 0. The highest BCUT2D eigenvalue weighted by Crippen LogP contribution is 2.06. The fourth-order valence-corrected chi connectivity index (χ4v) is 2.34. The van der Waals surface area contributed by atoms with Crippen LogP contribution in [-0.4, -0.2) is 24.5 Å². The van der Waals surface area contributed by atoms with E-state index < -0.39 is 0 Å². The summed E-state index contributed by atoms with van der Waals surface area (Å²) in [7, 11) is 2.12. The fraction of sp³-hybridized carbons (Fsp3) is 0.294. The number of hydrogen-bond donors (Lipinski definition) is 1. The van der Waals surface area contributed by atoms with Gasteiger partial charge in [0.15, 0.2) is 0 Å². The van der Waals surface area contributed by atoms with E-state index in [1.165, 1.54) is 11.1 Å². The molecule has 0 bridgehead atoms. The van der Waals surface area contributed by atoms with Crippen molar-refractivity contribution in [3.63, 3.8) is 0 Å². The number of likely N-dealkylation sites (N-methyl/N-ethyl adjacent to an activating group) is 1. The molecule has 0 amide bonds. The van der Waals surface area contributed by atoms with Crippen LogP contribution in [0.1, 0.15) is 11.1 Å². The Bertz CT molecular complexity index is 422. The number of rotatable bonds is 6. The van der Waals surface area contributed by atoms with E-state index in [4.69, 9.17) is 5.73 Å². The molecule has 19 heavy (non-hydrogen) atoms. The SMILES string of the molecule is CN(Cc1ccccc1)CC(N)Cc1ccccc1. The second kappa shape index (κ2) is 7.07. The fourth-order valence-electron chi connectivity index (χ4n) is 2.34. The first-order valence-electron chi connectivity index (χ1n) is 6.76. The van der Waals surface area contributed by atoms with Crippen molar-refractivity contribution in [2.75, 3.05) is 13.6 Å². The van der Waals surface area contributed by atoms with E-state index >= 15 is 0 Å². The van der Waals surface area contributed by atoms with Crippen LogP contribution in [0.3, 0.4) is 0 Å². The summed E-state index contributed by atoms with van der Waals surface area (Å²) < 4.78 is 0. The summed E-state index contributed by atoms with van der Waals surface area (Å²) in [6.45, 7) is 1.85. The second-order valence-electron chi connectivity index (χ2n) is 5.13. The molecule has 2 N–H and O–H groups in total. The smallest absolute Gasteiger partial charge is 0.0231 e. The van der Waals surface area contributed by atoms with Crippen LogP contribution in [0, 0.1) is 0 Å². The van der Waals surface area contributed by atoms with Crippen molar-refractivity contribution in [1.29, 1.82) is 0 Å². The third-order valence-corrected chi connectivity index (χ3v) is 3.18. The van der Waals surface area contributed by atoms with Crippen molar-refractivity contribution in [1.82, 2.24) is 4.90 Å². The van der Waals surface area contributed by atoms with E-state index in [0.29, 0.717) is 0 Å². The van der Waals surface area contributed by atoms with E-state index in [1.807, 2.05) is 12.1 Å². The van der Waals surface area contributed by atoms with Crippen molar-refractivity contribution >= 4 is 0 Å². The van der Waals surface area contributed by atoms with Crippen molar-refractivity contribution < 1.29 is 0 Å². The van der Waals surface area contributed by atoms with Gasteiger partial charge in [0.05, 0.1) is 0 Å². The molecular weight excluding hydrogens is 232 g/mol. The summed E-state index contributed by atoms with van der Waals surface area (Å²) in [6, 6.07) is 21.1. The Morgan fingerprint density at radius 3 is 2.00 bits per heavy atom. The molecule has 0 saturated carbocycles. The molecule has 0 radical (unpaired) electrons. The molecule has 0 fully saturated rings. The van der Waals surface area contributed by atoms with Gasteiger partial charge in [0, 0.05) is 19.1 Å². The summed E-state index contributed by atoms with van der Waals surface area (Å²) in [5.74, 6) is 0. The Kier molecular flexibility index (Phi) is 5.13. The lowest BCUT2D eigenvalue weighted by Gasteiger charge is -2.21. The topological polar surface area (TPSA) is 29.3 Å². The zero-order valence-electron chi connectivity index (χ0n) is 11.5. The standard InChI is InChI=1S/C17H22N2/c1-19(13-16-10-6-3-7-11-16)14-17(18)12-15-8-4-2-5-9-15/h2-11,17H,12-14,18H2,1H3. The number of hydrogen-bond acceptors (Lipinski definition) is 2. The van der Waals surface area contributed by atoms with E-state index in [-0.39, 0.29) is 6.04 Å². The lowest BCUT2D eigenvalue weighted by Crippen LogP contribution is -2.36. The highest BCUT2D eigenvalue weighted by atomic mass is 15.1. The van der Waals surface area contributed by atoms with Crippen LogP contribution in [0.5, 0.6) is 0 Å². The molecule has 2 heteroatoms. The maximum Gasteiger partial charge on any atom is 0.0231 e. The molecule has 0 aliphatic rings. The molecule has 2 nitrogen and oxygen atoms in total. The van der Waals surface area contributed by atoms with Gasteiger partial charge in [0.2, 0.25) is 0 Å². The minimum atomic E-state index is 0.177. The maximum absolute atomic E-state index is 6.22. The minimum absolute atomic E-state index is 0.177. The molecule has 0 aliphatic heterocycles. The molecule has 0 heterocycles. The zero-order chi connectivity index (χ0) is 13.5. The van der Waals surface area contributed by atoms with Crippen LogP contribution in [0.25, 0.3) is 0 Å². The van der Waals surface area contributed by atoms with Crippen LogP contribution >= 0.6 is 0 Å². The second-order valence-corrected chi connectivity index (χ2v) is 5.13. The minimum Gasteiger partial charge on any atom is -0.326 e. The third-order valence-electron chi connectivity index (χ3n) is 3.18. The van der Waals surface area contributed by atoms with E-state index in [1.54, 1.807) is 0 Å². The first-order chi connectivity index (χ1) is 9.24. The highest BCUT2D eigenvalue weighted by molar-refractivity contribution is 5.16. The summed E-state index contributed by atoms with van der Waals surface area (Å²) in [6.07, 6.45) is 0.931. The Labute approximate surface area is 115 Å². The average molecular weight is 254 g/mol. The van der Waals surface area contributed by atoms with Crippen LogP contribution in [0.15, 0.2) is 60.7 Å². The van der Waals surface area contributed by atoms with Gasteiger partial charge in [-0.2, -0.15) is 0 Å². The molecule has 0 saturated heterocycles. The third kappa shape index (κ3) is 4.86. The zero-order valence-corrected chi connectivity index (χ0v) is 11.5. The summed E-state index contributed by atoms with van der Waals surface area (Å²) in [4.78, 5) is 2.28. The Balaban J connectivity index is 1.80. The number of benzene rings is 2. The van der Waals surface area contributed by atoms with Crippen molar-refractivity contribution in [3.05, 3.63) is 71.8 Å². The maximum atomic E-state index is 6.22. The number of nitrogens with two attached hydrogens (primary N) is 1. The molecule has 1 unspecified atom stereocenters. The van der Waals surface area contributed by atoms with Gasteiger partial charge in [-0.3, -0.25) is 0 Å². The van der Waals surface area contributed by atoms with Crippen molar-refractivity contribution in [3.8, 4) is 0 Å². The first kappa shape index (κ1) is 13.8. The van der Waals surface area contributed by atoms with Crippen molar-refractivity contribution in [2.24, 2.45) is 5.73 Å². The molecule has 0 spiro atoms. The first-order valence-corrected chi connectivity index (χ1v) is 6.76. The Morgan fingerprint density at radius 2 is 1.42 bits per heavy atom. The Morgan fingerprint density at radius 1 is 0.895 bits per heavy atom. The average Bonchev–Trinajstić information content (AvgIpc) is 2.40. The molecule has 2 rings (SSSR count). The lowest BCUT2D eigenvalue weighted by molar-refractivity contribution is 0.302. The van der Waals surface area contributed by atoms with Gasteiger partial charge >= 0.3 is 0 Å². The van der Waals surface area contributed by atoms with E-state index in [2.05, 4.69) is 60.5 Å². The summed E-state index contributed by atoms with van der Waals surface area (Å²) in [5.41, 5.74) is 8.86. The van der Waals surface area contributed by atoms with Gasteiger partial charge in [-0.15, -0.1) is 0 Å². The van der Waals surface area contributed by atoms with Gasteiger partial charge in [0.25, 0.3) is 0 Å². The van der Waals surface area contributed by atoms with Crippen LogP contribution in [-0.2, 0) is 13.0 Å². The van der Waals surface area contributed by atoms with Gasteiger partial charge in [-0.1, -0.05) is 60.7 Å². The van der Waals surface area contributed by atoms with Crippen LogP contribution in [0.4, 0.5) is 0 Å². The monoisotopic (exact) mass is 254 g/mol.